The van der Waals surface area contributed by atoms with Crippen molar-refractivity contribution in [3.8, 4) is 0 Å². The molecule has 1 saturated carbocycles. The van der Waals surface area contributed by atoms with Crippen LogP contribution in [-0.2, 0) is 4.74 Å². The van der Waals surface area contributed by atoms with Gasteiger partial charge in [0.1, 0.15) is 0 Å². The van der Waals surface area contributed by atoms with Crippen LogP contribution in [0.4, 0.5) is 0 Å². The third kappa shape index (κ3) is 1.49. The van der Waals surface area contributed by atoms with Crippen LogP contribution in [0.25, 0.3) is 0 Å². The van der Waals surface area contributed by atoms with Gasteiger partial charge in [0.15, 0.2) is 0 Å². The Morgan fingerprint density at radius 3 is 1.36 bits per heavy atom. The minimum absolute atomic E-state index is 0.401. The molecule has 0 aromatic heterocycles. The summed E-state index contributed by atoms with van der Waals surface area (Å²) in [6.45, 7) is 0. The maximum Gasteiger partial charge on any atom is 0.0989 e. The lowest BCUT2D eigenvalue weighted by Gasteiger charge is -2.28. The molecule has 0 aromatic rings. The average molecular weight is 414 g/mol. The lowest BCUT2D eigenvalue weighted by Crippen LogP contribution is -2.42. The van der Waals surface area contributed by atoms with Gasteiger partial charge < -0.3 is 4.74 Å². The van der Waals surface area contributed by atoms with Gasteiger partial charge in [-0.15, -0.1) is 0 Å². The molecule has 1 nitrogen and oxygen atoms in total. The number of alkyl halides is 4. The summed E-state index contributed by atoms with van der Waals surface area (Å²) in [4.78, 5) is 1.75. The molecule has 0 radical (unpaired) electrons. The summed E-state index contributed by atoms with van der Waals surface area (Å²) in [6, 6.07) is 0. The van der Waals surface area contributed by atoms with Gasteiger partial charge in [0.25, 0.3) is 0 Å². The minimum Gasteiger partial charge on any atom is -0.367 e. The van der Waals surface area contributed by atoms with Crippen LogP contribution in [0.5, 0.6) is 0 Å². The molecule has 2 aliphatic rings. The first kappa shape index (κ1) is 9.44. The van der Waals surface area contributed by atoms with Crippen LogP contribution < -0.4 is 0 Å². The van der Waals surface area contributed by atoms with Gasteiger partial charge in [-0.1, -0.05) is 63.7 Å². The van der Waals surface area contributed by atoms with Gasteiger partial charge in [0.05, 0.1) is 21.9 Å². The molecule has 6 atom stereocenters. The van der Waals surface area contributed by atoms with Gasteiger partial charge in [0, 0.05) is 9.65 Å². The highest BCUT2D eigenvalue weighted by Gasteiger charge is 2.58. The summed E-state index contributed by atoms with van der Waals surface area (Å²) in [5.74, 6) is 0. The first-order chi connectivity index (χ1) is 5.13. The van der Waals surface area contributed by atoms with Crippen LogP contribution in [0.1, 0.15) is 0 Å². The van der Waals surface area contributed by atoms with E-state index < -0.39 is 0 Å². The van der Waals surface area contributed by atoms with E-state index in [-0.39, 0.29) is 0 Å². The van der Waals surface area contributed by atoms with Crippen molar-refractivity contribution in [2.24, 2.45) is 0 Å². The lowest BCUT2D eigenvalue weighted by atomic mass is 10.0. The Bertz CT molecular complexity index is 158. The van der Waals surface area contributed by atoms with Crippen molar-refractivity contribution in [2.75, 3.05) is 0 Å². The fourth-order valence-electron chi connectivity index (χ4n) is 1.36. The lowest BCUT2D eigenvalue weighted by molar-refractivity contribution is 0.379. The number of halogens is 4. The van der Waals surface area contributed by atoms with Gasteiger partial charge in [-0.25, -0.2) is 0 Å². The van der Waals surface area contributed by atoms with Crippen LogP contribution in [0.2, 0.25) is 0 Å². The van der Waals surface area contributed by atoms with Crippen molar-refractivity contribution >= 4 is 63.7 Å². The monoisotopic (exact) mass is 410 g/mol. The van der Waals surface area contributed by atoms with Crippen molar-refractivity contribution in [2.45, 2.75) is 31.5 Å². The van der Waals surface area contributed by atoms with E-state index in [0.717, 1.165) is 0 Å². The summed E-state index contributed by atoms with van der Waals surface area (Å²) in [5, 5.41) is 0. The Morgan fingerprint density at radius 2 is 1.00 bits per heavy atom. The number of hydrogen-bond donors (Lipinski definition) is 0. The van der Waals surface area contributed by atoms with Crippen LogP contribution >= 0.6 is 63.7 Å². The summed E-state index contributed by atoms with van der Waals surface area (Å²) in [5.41, 5.74) is 0. The van der Waals surface area contributed by atoms with Crippen molar-refractivity contribution in [3.05, 3.63) is 0 Å². The van der Waals surface area contributed by atoms with Crippen molar-refractivity contribution < 1.29 is 4.74 Å². The van der Waals surface area contributed by atoms with E-state index >= 15 is 0 Å². The molecule has 0 N–H and O–H groups in total. The number of rotatable bonds is 0. The van der Waals surface area contributed by atoms with Gasteiger partial charge in [0.2, 0.25) is 0 Å². The fourth-order valence-corrected chi connectivity index (χ4v) is 4.95. The number of ether oxygens (including phenoxy) is 1. The first-order valence-electron chi connectivity index (χ1n) is 3.34. The third-order valence-corrected chi connectivity index (χ3v) is 8.69. The van der Waals surface area contributed by atoms with E-state index in [4.69, 9.17) is 4.74 Å². The van der Waals surface area contributed by atoms with Crippen molar-refractivity contribution in [1.82, 2.24) is 0 Å². The SMILES string of the molecule is BrC1C(Br)C(Br)C2OC2C1Br. The van der Waals surface area contributed by atoms with Crippen LogP contribution in [0, 0.1) is 0 Å². The molecule has 1 aliphatic carbocycles. The zero-order valence-corrected chi connectivity index (χ0v) is 11.7. The van der Waals surface area contributed by atoms with Crippen LogP contribution in [0.3, 0.4) is 0 Å². The highest BCUT2D eigenvalue weighted by molar-refractivity contribution is 9.14. The molecule has 0 aromatic carbocycles. The maximum absolute atomic E-state index is 5.49. The Balaban J connectivity index is 2.13. The minimum atomic E-state index is 0.401. The topological polar surface area (TPSA) is 12.5 Å². The molecule has 1 aliphatic heterocycles. The third-order valence-electron chi connectivity index (χ3n) is 2.10. The largest absolute Gasteiger partial charge is 0.367 e. The summed E-state index contributed by atoms with van der Waals surface area (Å²) in [6.07, 6.45) is 0.801. The molecule has 0 amide bonds. The molecule has 11 heavy (non-hydrogen) atoms. The molecule has 2 fully saturated rings. The zero-order chi connectivity index (χ0) is 8.17. The summed E-state index contributed by atoms with van der Waals surface area (Å²) >= 11 is 14.5. The molecule has 1 heterocycles. The standard InChI is InChI=1S/C6H6Br4O/c7-1-2(8)4(10)6-5(11-6)3(1)9/h1-6H. The van der Waals surface area contributed by atoms with E-state index in [1.54, 1.807) is 0 Å². The molecular weight excluding hydrogens is 408 g/mol. The Labute approximate surface area is 99.1 Å². The van der Waals surface area contributed by atoms with E-state index in [2.05, 4.69) is 63.7 Å². The second kappa shape index (κ2) is 3.23. The summed E-state index contributed by atoms with van der Waals surface area (Å²) in [7, 11) is 0. The maximum atomic E-state index is 5.49. The molecule has 1 saturated heterocycles. The Hall–Kier alpha value is 1.88. The van der Waals surface area contributed by atoms with Gasteiger partial charge in [-0.2, -0.15) is 0 Å². The molecule has 64 valence electrons. The van der Waals surface area contributed by atoms with Crippen molar-refractivity contribution in [3.63, 3.8) is 0 Å². The van der Waals surface area contributed by atoms with E-state index in [9.17, 15) is 0 Å². The molecule has 6 unspecified atom stereocenters. The second-order valence-corrected chi connectivity index (χ2v) is 7.07. The number of hydrogen-bond acceptors (Lipinski definition) is 1. The summed E-state index contributed by atoms with van der Waals surface area (Å²) < 4.78 is 5.49. The van der Waals surface area contributed by atoms with Crippen LogP contribution in [0.15, 0.2) is 0 Å². The first-order valence-corrected chi connectivity index (χ1v) is 7.01. The Morgan fingerprint density at radius 1 is 0.636 bits per heavy atom. The quantitative estimate of drug-likeness (QED) is 0.439. The molecule has 5 heteroatoms. The smallest absolute Gasteiger partial charge is 0.0989 e. The highest BCUT2D eigenvalue weighted by Crippen LogP contribution is 2.48. The molecule has 0 bridgehead atoms. The molecule has 0 spiro atoms. The van der Waals surface area contributed by atoms with Gasteiger partial charge >= 0.3 is 0 Å². The predicted octanol–water partition coefficient (Wildman–Crippen LogP) is 2.82. The van der Waals surface area contributed by atoms with Crippen LogP contribution in [-0.4, -0.2) is 31.5 Å². The Kier molecular flexibility index (Phi) is 2.77. The van der Waals surface area contributed by atoms with E-state index in [1.807, 2.05) is 0 Å². The molecular formula is C6H6Br4O. The fraction of sp³-hybridized carbons (Fsp3) is 1.00. The van der Waals surface area contributed by atoms with Crippen molar-refractivity contribution in [1.29, 1.82) is 0 Å². The second-order valence-electron chi connectivity index (χ2n) is 2.84. The zero-order valence-electron chi connectivity index (χ0n) is 5.38. The number of fused-ring (bicyclic) bond motifs is 1. The van der Waals surface area contributed by atoms with Gasteiger partial charge in [-0.3, -0.25) is 0 Å². The highest BCUT2D eigenvalue weighted by atomic mass is 79.9. The normalized spacial score (nSPS) is 62.2. The average Bonchev–Trinajstić information content (AvgIpc) is 2.76. The van der Waals surface area contributed by atoms with E-state index in [1.165, 1.54) is 0 Å². The van der Waals surface area contributed by atoms with E-state index in [0.29, 0.717) is 31.5 Å². The number of epoxide rings is 1. The predicted molar refractivity (Wildman–Crippen MR) is 59.5 cm³/mol. The van der Waals surface area contributed by atoms with Gasteiger partial charge in [-0.05, 0) is 0 Å². The molecule has 2 rings (SSSR count).